The molecule has 0 radical (unpaired) electrons. The second-order valence-electron chi connectivity index (χ2n) is 8.89. The first-order valence-corrected chi connectivity index (χ1v) is 10.6. The van der Waals surface area contributed by atoms with Crippen LogP contribution in [-0.4, -0.2) is 64.6 Å². The number of nitrogens with zero attached hydrogens (tertiary/aromatic N) is 4. The number of amides is 1. The number of hydrogen-bond donors (Lipinski definition) is 2. The van der Waals surface area contributed by atoms with Crippen LogP contribution in [0.2, 0.25) is 0 Å². The maximum atomic E-state index is 12.4. The van der Waals surface area contributed by atoms with Crippen molar-refractivity contribution in [2.45, 2.75) is 70.9 Å². The summed E-state index contributed by atoms with van der Waals surface area (Å²) in [6.45, 7) is 12.2. The highest BCUT2D eigenvalue weighted by molar-refractivity contribution is 14.0. The van der Waals surface area contributed by atoms with E-state index in [0.717, 1.165) is 38.3 Å². The number of ether oxygens (including phenoxy) is 1. The number of rotatable bonds is 6. The average Bonchev–Trinajstić information content (AvgIpc) is 3.29. The molecule has 1 fully saturated rings. The van der Waals surface area contributed by atoms with E-state index >= 15 is 0 Å². The molecule has 0 bridgehead atoms. The molecular formula is C21H39IN6O2. The average molecular weight is 534 g/mol. The highest BCUT2D eigenvalue weighted by Gasteiger charge is 2.32. The minimum Gasteiger partial charge on any atom is -0.444 e. The Morgan fingerprint density at radius 3 is 2.50 bits per heavy atom. The Bertz CT molecular complexity index is 709. The zero-order valence-corrected chi connectivity index (χ0v) is 21.8. The third kappa shape index (κ3) is 7.31. The number of carbonyl (C=O) groups excluding carboxylic acids is 1. The maximum absolute atomic E-state index is 12.4. The third-order valence-electron chi connectivity index (χ3n) is 5.60. The molecule has 172 valence electrons. The number of aliphatic imine (C=N–C) groups is 1. The summed E-state index contributed by atoms with van der Waals surface area (Å²) >= 11 is 0. The van der Waals surface area contributed by atoms with E-state index < -0.39 is 5.60 Å². The normalized spacial score (nSPS) is 17.5. The topological polar surface area (TPSA) is 83.8 Å². The number of alkyl carbamates (subject to hydrolysis) is 1. The van der Waals surface area contributed by atoms with E-state index in [1.807, 2.05) is 38.7 Å². The van der Waals surface area contributed by atoms with Gasteiger partial charge in [-0.1, -0.05) is 13.8 Å². The molecule has 0 aliphatic carbocycles. The first kappa shape index (κ1) is 26.5. The van der Waals surface area contributed by atoms with Crippen molar-refractivity contribution in [2.75, 3.05) is 26.7 Å². The van der Waals surface area contributed by atoms with Crippen molar-refractivity contribution < 1.29 is 9.53 Å². The Kier molecular flexibility index (Phi) is 9.90. The number of halogens is 1. The highest BCUT2D eigenvalue weighted by Crippen LogP contribution is 2.27. The molecule has 2 rings (SSSR count). The number of aryl methyl sites for hydroxylation is 1. The van der Waals surface area contributed by atoms with Crippen LogP contribution in [0.25, 0.3) is 0 Å². The van der Waals surface area contributed by atoms with Crippen molar-refractivity contribution in [1.82, 2.24) is 25.3 Å². The van der Waals surface area contributed by atoms with Crippen LogP contribution in [0.4, 0.5) is 4.79 Å². The fraction of sp³-hybridized carbons (Fsp3) is 0.762. The predicted molar refractivity (Wildman–Crippen MR) is 132 cm³/mol. The van der Waals surface area contributed by atoms with Crippen LogP contribution in [0.3, 0.4) is 0 Å². The van der Waals surface area contributed by atoms with Crippen LogP contribution in [0, 0.1) is 0 Å². The van der Waals surface area contributed by atoms with Crippen LogP contribution < -0.4 is 10.6 Å². The van der Waals surface area contributed by atoms with E-state index in [9.17, 15) is 4.79 Å². The number of aromatic nitrogens is 2. The van der Waals surface area contributed by atoms with Gasteiger partial charge in [0, 0.05) is 45.8 Å². The van der Waals surface area contributed by atoms with Crippen molar-refractivity contribution >= 4 is 36.0 Å². The summed E-state index contributed by atoms with van der Waals surface area (Å²) in [4.78, 5) is 19.1. The molecule has 0 saturated carbocycles. The van der Waals surface area contributed by atoms with Gasteiger partial charge in [-0.15, -0.1) is 24.0 Å². The van der Waals surface area contributed by atoms with Crippen LogP contribution in [0.15, 0.2) is 17.4 Å². The van der Waals surface area contributed by atoms with Gasteiger partial charge in [-0.3, -0.25) is 9.67 Å². The third-order valence-corrected chi connectivity index (χ3v) is 5.60. The molecule has 1 aliphatic heterocycles. The summed E-state index contributed by atoms with van der Waals surface area (Å²) in [5, 5.41) is 10.9. The Morgan fingerprint density at radius 2 is 2.00 bits per heavy atom. The smallest absolute Gasteiger partial charge is 0.408 e. The molecule has 2 N–H and O–H groups in total. The van der Waals surface area contributed by atoms with Crippen molar-refractivity contribution in [3.8, 4) is 0 Å². The molecule has 1 aromatic heterocycles. The molecule has 0 spiro atoms. The summed E-state index contributed by atoms with van der Waals surface area (Å²) in [6.07, 6.45) is 6.34. The lowest BCUT2D eigenvalue weighted by molar-refractivity contribution is 0.0448. The van der Waals surface area contributed by atoms with Gasteiger partial charge in [0.2, 0.25) is 0 Å². The minimum absolute atomic E-state index is 0. The fourth-order valence-electron chi connectivity index (χ4n) is 3.70. The fourth-order valence-corrected chi connectivity index (χ4v) is 3.70. The van der Waals surface area contributed by atoms with Crippen LogP contribution >= 0.6 is 24.0 Å². The van der Waals surface area contributed by atoms with Gasteiger partial charge in [-0.2, -0.15) is 5.10 Å². The SMILES string of the molecule is CCC(CC)(CNC(=NC)N1CCC(c2cnn(C)c2)C1)NC(=O)OC(C)(C)C.I. The quantitative estimate of drug-likeness (QED) is 0.332. The van der Waals surface area contributed by atoms with Crippen molar-refractivity contribution in [3.05, 3.63) is 18.0 Å². The van der Waals surface area contributed by atoms with Gasteiger partial charge in [0.15, 0.2) is 5.96 Å². The number of carbonyl (C=O) groups is 1. The molecule has 1 aliphatic rings. The summed E-state index contributed by atoms with van der Waals surface area (Å²) in [6, 6.07) is 0. The molecule has 2 heterocycles. The molecule has 1 amide bonds. The highest BCUT2D eigenvalue weighted by atomic mass is 127. The molecule has 9 heteroatoms. The van der Waals surface area contributed by atoms with Crippen molar-refractivity contribution in [1.29, 1.82) is 0 Å². The number of guanidine groups is 1. The molecule has 8 nitrogen and oxygen atoms in total. The second-order valence-corrected chi connectivity index (χ2v) is 8.89. The first-order chi connectivity index (χ1) is 13.6. The van der Waals surface area contributed by atoms with Gasteiger partial charge in [0.05, 0.1) is 11.7 Å². The zero-order chi connectivity index (χ0) is 21.7. The van der Waals surface area contributed by atoms with Crippen LogP contribution in [0.5, 0.6) is 0 Å². The second kappa shape index (κ2) is 11.2. The molecule has 1 aromatic rings. The molecule has 1 atom stereocenters. The molecule has 0 aromatic carbocycles. The zero-order valence-electron chi connectivity index (χ0n) is 19.5. The summed E-state index contributed by atoms with van der Waals surface area (Å²) < 4.78 is 7.32. The number of hydrogen-bond acceptors (Lipinski definition) is 4. The minimum atomic E-state index is -0.516. The molecular weight excluding hydrogens is 495 g/mol. The van der Waals surface area contributed by atoms with E-state index in [2.05, 4.69) is 45.7 Å². The van der Waals surface area contributed by atoms with Gasteiger partial charge < -0.3 is 20.3 Å². The first-order valence-electron chi connectivity index (χ1n) is 10.6. The number of nitrogens with one attached hydrogen (secondary N) is 2. The lowest BCUT2D eigenvalue weighted by Gasteiger charge is -2.35. The maximum Gasteiger partial charge on any atom is 0.408 e. The van der Waals surface area contributed by atoms with Gasteiger partial charge >= 0.3 is 6.09 Å². The van der Waals surface area contributed by atoms with E-state index in [0.29, 0.717) is 12.5 Å². The van der Waals surface area contributed by atoms with E-state index in [1.54, 1.807) is 7.05 Å². The van der Waals surface area contributed by atoms with Gasteiger partial charge in [0.1, 0.15) is 5.60 Å². The Balaban J connectivity index is 0.00000450. The molecule has 1 saturated heterocycles. The summed E-state index contributed by atoms with van der Waals surface area (Å²) in [7, 11) is 3.75. The van der Waals surface area contributed by atoms with Crippen LogP contribution in [-0.2, 0) is 11.8 Å². The van der Waals surface area contributed by atoms with Gasteiger partial charge in [-0.05, 0) is 45.6 Å². The monoisotopic (exact) mass is 534 g/mol. The largest absolute Gasteiger partial charge is 0.444 e. The van der Waals surface area contributed by atoms with E-state index in [-0.39, 0.29) is 35.6 Å². The summed E-state index contributed by atoms with van der Waals surface area (Å²) in [5.74, 6) is 1.33. The lowest BCUT2D eigenvalue weighted by atomic mass is 9.93. The Morgan fingerprint density at radius 1 is 1.33 bits per heavy atom. The van der Waals surface area contributed by atoms with Gasteiger partial charge in [-0.25, -0.2) is 4.79 Å². The number of likely N-dealkylation sites (tertiary alicyclic amines) is 1. The Hall–Kier alpha value is -1.52. The summed E-state index contributed by atoms with van der Waals surface area (Å²) in [5.41, 5.74) is 0.367. The van der Waals surface area contributed by atoms with E-state index in [4.69, 9.17) is 4.74 Å². The van der Waals surface area contributed by atoms with Crippen molar-refractivity contribution in [2.24, 2.45) is 12.0 Å². The van der Waals surface area contributed by atoms with Crippen molar-refractivity contribution in [3.63, 3.8) is 0 Å². The van der Waals surface area contributed by atoms with Crippen LogP contribution in [0.1, 0.15) is 65.4 Å². The molecule has 1 unspecified atom stereocenters. The predicted octanol–water partition coefficient (Wildman–Crippen LogP) is 3.49. The lowest BCUT2D eigenvalue weighted by Crippen LogP contribution is -2.57. The van der Waals surface area contributed by atoms with E-state index in [1.165, 1.54) is 5.56 Å². The molecule has 30 heavy (non-hydrogen) atoms. The Labute approximate surface area is 198 Å². The standard InChI is InChI=1S/C21H38N6O2.HI/c1-8-21(9-2,25-19(28)29-20(3,4)5)15-23-18(22-6)27-11-10-16(14-27)17-12-24-26(7)13-17;/h12-13,16H,8-11,14-15H2,1-7H3,(H,22,23)(H,25,28);1H. The van der Waals surface area contributed by atoms with Gasteiger partial charge in [0.25, 0.3) is 0 Å².